The van der Waals surface area contributed by atoms with Crippen molar-refractivity contribution in [1.29, 1.82) is 0 Å². The van der Waals surface area contributed by atoms with Gasteiger partial charge in [-0.15, -0.1) is 0 Å². The third kappa shape index (κ3) is 5.53. The van der Waals surface area contributed by atoms with Gasteiger partial charge >= 0.3 is 0 Å². The third-order valence-corrected chi connectivity index (χ3v) is 7.22. The number of nitrogens with zero attached hydrogens (tertiary/aromatic N) is 4. The molecule has 184 valence electrons. The molecule has 10 nitrogen and oxygen atoms in total. The zero-order valence-corrected chi connectivity index (χ0v) is 21.1. The Hall–Kier alpha value is -2.63. The summed E-state index contributed by atoms with van der Waals surface area (Å²) >= 11 is 6.38. The number of hydrogen-bond donors (Lipinski definition) is 3. The van der Waals surface area contributed by atoms with Gasteiger partial charge in [-0.1, -0.05) is 30.5 Å². The van der Waals surface area contributed by atoms with Crippen LogP contribution in [0.5, 0.6) is 0 Å². The van der Waals surface area contributed by atoms with Crippen LogP contribution in [-0.4, -0.2) is 74.7 Å². The van der Waals surface area contributed by atoms with Crippen LogP contribution in [0, 0.1) is 0 Å². The van der Waals surface area contributed by atoms with Crippen LogP contribution in [0.15, 0.2) is 24.4 Å². The van der Waals surface area contributed by atoms with E-state index in [2.05, 4.69) is 25.3 Å². The Morgan fingerprint density at radius 2 is 1.79 bits per heavy atom. The number of rotatable bonds is 6. The van der Waals surface area contributed by atoms with E-state index in [-0.39, 0.29) is 18.0 Å². The van der Waals surface area contributed by atoms with Gasteiger partial charge in [-0.25, -0.2) is 18.1 Å². The summed E-state index contributed by atoms with van der Waals surface area (Å²) in [5.41, 5.74) is 2.11. The Kier molecular flexibility index (Phi) is 7.15. The molecule has 1 fully saturated rings. The first-order chi connectivity index (χ1) is 16.1. The van der Waals surface area contributed by atoms with E-state index < -0.39 is 10.0 Å². The van der Waals surface area contributed by atoms with E-state index in [1.165, 1.54) is 12.5 Å². The lowest BCUT2D eigenvalue weighted by molar-refractivity contribution is 0.0805. The van der Waals surface area contributed by atoms with E-state index in [1.807, 2.05) is 30.1 Å². The molecule has 34 heavy (non-hydrogen) atoms. The number of anilines is 4. The number of nitrogens with one attached hydrogen (secondary N) is 3. The van der Waals surface area contributed by atoms with Crippen molar-refractivity contribution in [3.05, 3.63) is 35.0 Å². The minimum absolute atomic E-state index is 0.0379. The van der Waals surface area contributed by atoms with Gasteiger partial charge in [0.1, 0.15) is 5.02 Å². The highest BCUT2D eigenvalue weighted by Gasteiger charge is 2.29. The normalized spacial score (nSPS) is 21.1. The molecule has 1 saturated carbocycles. The molecule has 0 spiro atoms. The summed E-state index contributed by atoms with van der Waals surface area (Å²) in [6.07, 6.45) is 6.15. The van der Waals surface area contributed by atoms with Crippen molar-refractivity contribution in [1.82, 2.24) is 19.6 Å². The number of sulfonamides is 1. The minimum Gasteiger partial charge on any atom is -0.370 e. The first kappa shape index (κ1) is 24.5. The van der Waals surface area contributed by atoms with Gasteiger partial charge in [0.2, 0.25) is 16.0 Å². The first-order valence-electron chi connectivity index (χ1n) is 11.3. The standard InChI is InChI=1S/C22H30ClN7O3S/c1-29-11-12-30(2)21(31)14-7-6-10-18(19(14)29)26-22-24-13-15(23)20(27-22)25-16-8-4-5-9-17(16)28-34(3,32)33/h6-7,10,13,16-17,28H,4-5,8-9,11-12H2,1-3H3,(H2,24,25,26,27)/t16-,17-/m1/s1. The van der Waals surface area contributed by atoms with Gasteiger partial charge in [-0.2, -0.15) is 4.98 Å². The van der Waals surface area contributed by atoms with Gasteiger partial charge in [-0.05, 0) is 25.0 Å². The van der Waals surface area contributed by atoms with E-state index >= 15 is 0 Å². The van der Waals surface area contributed by atoms with Crippen LogP contribution < -0.4 is 20.3 Å². The van der Waals surface area contributed by atoms with Crippen molar-refractivity contribution in [2.75, 3.05) is 49.0 Å². The molecule has 2 aliphatic rings. The summed E-state index contributed by atoms with van der Waals surface area (Å²) in [5, 5.41) is 6.90. The molecular weight excluding hydrogens is 478 g/mol. The monoisotopic (exact) mass is 507 g/mol. The Labute approximate surface area is 205 Å². The predicted octanol–water partition coefficient (Wildman–Crippen LogP) is 2.67. The molecule has 2 heterocycles. The summed E-state index contributed by atoms with van der Waals surface area (Å²) < 4.78 is 26.3. The number of carbonyl (C=O) groups is 1. The lowest BCUT2D eigenvalue weighted by Crippen LogP contribution is -2.48. The Morgan fingerprint density at radius 3 is 2.53 bits per heavy atom. The number of carbonyl (C=O) groups excluding carboxylic acids is 1. The number of fused-ring (bicyclic) bond motifs is 1. The maximum absolute atomic E-state index is 12.8. The van der Waals surface area contributed by atoms with E-state index in [4.69, 9.17) is 11.6 Å². The number of aromatic nitrogens is 2. The summed E-state index contributed by atoms with van der Waals surface area (Å²) in [5.74, 6) is 0.712. The maximum Gasteiger partial charge on any atom is 0.255 e. The lowest BCUT2D eigenvalue weighted by atomic mass is 9.91. The Bertz CT molecular complexity index is 1180. The van der Waals surface area contributed by atoms with Gasteiger partial charge in [0.05, 0.1) is 29.4 Å². The summed E-state index contributed by atoms with van der Waals surface area (Å²) in [7, 11) is 0.406. The second-order valence-electron chi connectivity index (χ2n) is 8.90. The van der Waals surface area contributed by atoms with Crippen molar-refractivity contribution in [2.24, 2.45) is 0 Å². The van der Waals surface area contributed by atoms with Gasteiger partial charge < -0.3 is 20.4 Å². The van der Waals surface area contributed by atoms with Gasteiger partial charge in [0.15, 0.2) is 5.82 Å². The predicted molar refractivity (Wildman–Crippen MR) is 135 cm³/mol. The van der Waals surface area contributed by atoms with Gasteiger partial charge in [0, 0.05) is 39.3 Å². The minimum atomic E-state index is -3.34. The van der Waals surface area contributed by atoms with E-state index in [1.54, 1.807) is 11.9 Å². The third-order valence-electron chi connectivity index (χ3n) is 6.21. The van der Waals surface area contributed by atoms with Crippen LogP contribution in [-0.2, 0) is 10.0 Å². The number of likely N-dealkylation sites (N-methyl/N-ethyl adjacent to an activating group) is 2. The second kappa shape index (κ2) is 9.93. The molecule has 0 saturated heterocycles. The fourth-order valence-corrected chi connectivity index (χ4v) is 5.47. The fraction of sp³-hybridized carbons (Fsp3) is 0.500. The molecule has 0 radical (unpaired) electrons. The zero-order valence-electron chi connectivity index (χ0n) is 19.5. The molecule has 1 aliphatic carbocycles. The average Bonchev–Trinajstić information content (AvgIpc) is 2.89. The maximum atomic E-state index is 12.8. The SMILES string of the molecule is CN1CCN(C)c2c(Nc3ncc(Cl)c(N[C@@H]4CCCC[C@H]4NS(C)(=O)=O)n3)cccc2C1=O. The smallest absolute Gasteiger partial charge is 0.255 e. The summed E-state index contributed by atoms with van der Waals surface area (Å²) in [6.45, 7) is 1.32. The Balaban J connectivity index is 1.60. The highest BCUT2D eigenvalue weighted by atomic mass is 35.5. The quantitative estimate of drug-likeness (QED) is 0.546. The summed E-state index contributed by atoms with van der Waals surface area (Å²) in [4.78, 5) is 25.4. The van der Waals surface area contributed by atoms with Crippen molar-refractivity contribution in [3.63, 3.8) is 0 Å². The number of halogens is 1. The van der Waals surface area contributed by atoms with Crippen LogP contribution in [0.2, 0.25) is 5.02 Å². The molecule has 1 amide bonds. The highest BCUT2D eigenvalue weighted by Crippen LogP contribution is 2.34. The number of amides is 1. The Morgan fingerprint density at radius 1 is 1.09 bits per heavy atom. The van der Waals surface area contributed by atoms with Crippen LogP contribution in [0.1, 0.15) is 36.0 Å². The number of hydrogen-bond acceptors (Lipinski definition) is 8. The first-order valence-corrected chi connectivity index (χ1v) is 13.5. The number of benzene rings is 1. The van der Waals surface area contributed by atoms with Crippen molar-refractivity contribution >= 4 is 50.7 Å². The largest absolute Gasteiger partial charge is 0.370 e. The van der Waals surface area contributed by atoms with E-state index in [0.717, 1.165) is 31.4 Å². The molecule has 2 atom stereocenters. The van der Waals surface area contributed by atoms with E-state index in [9.17, 15) is 13.2 Å². The molecular formula is C22H30ClN7O3S. The molecule has 0 bridgehead atoms. The topological polar surface area (TPSA) is 120 Å². The molecule has 1 aromatic heterocycles. The van der Waals surface area contributed by atoms with Gasteiger partial charge in [-0.3, -0.25) is 4.79 Å². The zero-order chi connectivity index (χ0) is 24.5. The van der Waals surface area contributed by atoms with Crippen molar-refractivity contribution < 1.29 is 13.2 Å². The molecule has 1 aliphatic heterocycles. The van der Waals surface area contributed by atoms with Gasteiger partial charge in [0.25, 0.3) is 5.91 Å². The molecule has 12 heteroatoms. The fourth-order valence-electron chi connectivity index (χ4n) is 4.49. The van der Waals surface area contributed by atoms with Crippen LogP contribution in [0.3, 0.4) is 0 Å². The molecule has 1 aromatic carbocycles. The van der Waals surface area contributed by atoms with Crippen molar-refractivity contribution in [3.8, 4) is 0 Å². The van der Waals surface area contributed by atoms with E-state index in [0.29, 0.717) is 41.1 Å². The highest BCUT2D eigenvalue weighted by molar-refractivity contribution is 7.88. The molecule has 2 aromatic rings. The molecule has 4 rings (SSSR count). The average molecular weight is 508 g/mol. The second-order valence-corrected chi connectivity index (χ2v) is 11.1. The molecule has 3 N–H and O–H groups in total. The summed E-state index contributed by atoms with van der Waals surface area (Å²) in [6, 6.07) is 5.13. The van der Waals surface area contributed by atoms with Crippen LogP contribution >= 0.6 is 11.6 Å². The lowest BCUT2D eigenvalue weighted by Gasteiger charge is -2.32. The molecule has 0 unspecified atom stereocenters. The van der Waals surface area contributed by atoms with Crippen LogP contribution in [0.4, 0.5) is 23.1 Å². The van der Waals surface area contributed by atoms with Crippen LogP contribution in [0.25, 0.3) is 0 Å². The van der Waals surface area contributed by atoms with Crippen molar-refractivity contribution in [2.45, 2.75) is 37.8 Å². The number of para-hydroxylation sites is 1.